The molecule has 0 saturated heterocycles. The van der Waals surface area contributed by atoms with Crippen molar-refractivity contribution in [1.82, 2.24) is 15.0 Å². The van der Waals surface area contributed by atoms with E-state index < -0.39 is 0 Å². The van der Waals surface area contributed by atoms with Crippen LogP contribution in [0.5, 0.6) is 6.01 Å². The molecule has 0 amide bonds. The first-order valence-corrected chi connectivity index (χ1v) is 5.57. The molecule has 8 nitrogen and oxygen atoms in total. The van der Waals surface area contributed by atoms with Gasteiger partial charge < -0.3 is 9.64 Å². The van der Waals surface area contributed by atoms with Gasteiger partial charge >= 0.3 is 6.01 Å². The molecule has 0 aromatic carbocycles. The van der Waals surface area contributed by atoms with Gasteiger partial charge in [0.25, 0.3) is 0 Å². The van der Waals surface area contributed by atoms with E-state index in [0.717, 1.165) is 0 Å². The van der Waals surface area contributed by atoms with E-state index in [2.05, 4.69) is 26.4 Å². The zero-order valence-electron chi connectivity index (χ0n) is 10.7. The van der Waals surface area contributed by atoms with E-state index >= 15 is 0 Å². The molecule has 0 radical (unpaired) electrons. The quantitative estimate of drug-likeness (QED) is 0.548. The van der Waals surface area contributed by atoms with E-state index in [9.17, 15) is 0 Å². The van der Waals surface area contributed by atoms with Crippen molar-refractivity contribution in [3.63, 3.8) is 0 Å². The van der Waals surface area contributed by atoms with Crippen LogP contribution >= 0.6 is 0 Å². The summed E-state index contributed by atoms with van der Waals surface area (Å²) in [6.45, 7) is 4.19. The molecule has 0 aliphatic rings. The third-order valence-corrected chi connectivity index (χ3v) is 2.37. The van der Waals surface area contributed by atoms with Crippen LogP contribution in [0.1, 0.15) is 20.3 Å². The Hall–Kier alpha value is -2.14. The van der Waals surface area contributed by atoms with Crippen molar-refractivity contribution < 1.29 is 4.74 Å². The van der Waals surface area contributed by atoms with Gasteiger partial charge in [-0.05, 0) is 13.8 Å². The molecule has 1 heterocycles. The van der Waals surface area contributed by atoms with Crippen LogP contribution in [0.2, 0.25) is 0 Å². The molecule has 1 rings (SSSR count). The molecule has 1 atom stereocenters. The number of ether oxygens (including phenoxy) is 1. The van der Waals surface area contributed by atoms with E-state index in [-0.39, 0.29) is 18.0 Å². The number of hydrogen-bond donors (Lipinski definition) is 2. The number of nitrogens with one attached hydrogen (secondary N) is 1. The van der Waals surface area contributed by atoms with E-state index in [4.69, 9.17) is 15.8 Å². The average Bonchev–Trinajstić information content (AvgIpc) is 2.38. The highest BCUT2D eigenvalue weighted by molar-refractivity contribution is 5.38. The molecule has 8 heteroatoms. The lowest BCUT2D eigenvalue weighted by Gasteiger charge is -2.23. The number of nitriles is 1. The molecule has 0 saturated carbocycles. The van der Waals surface area contributed by atoms with Crippen molar-refractivity contribution in [2.45, 2.75) is 26.3 Å². The molecule has 0 aliphatic carbocycles. The summed E-state index contributed by atoms with van der Waals surface area (Å²) < 4.78 is 5.23. The van der Waals surface area contributed by atoms with E-state index in [1.165, 1.54) is 0 Å². The van der Waals surface area contributed by atoms with Crippen molar-refractivity contribution in [3.8, 4) is 12.1 Å². The number of aromatic nitrogens is 3. The van der Waals surface area contributed by atoms with Gasteiger partial charge in [0.2, 0.25) is 11.9 Å². The summed E-state index contributed by atoms with van der Waals surface area (Å²) in [5, 5.41) is 8.69. The number of nitrogens with zero attached hydrogens (tertiary/aromatic N) is 5. The van der Waals surface area contributed by atoms with Gasteiger partial charge in [0.05, 0.1) is 19.1 Å². The van der Waals surface area contributed by atoms with Gasteiger partial charge in [-0.2, -0.15) is 20.2 Å². The van der Waals surface area contributed by atoms with Gasteiger partial charge in [-0.15, -0.1) is 0 Å². The molecule has 0 fully saturated rings. The van der Waals surface area contributed by atoms with Crippen LogP contribution in [0.4, 0.5) is 11.9 Å². The first-order chi connectivity index (χ1) is 8.62. The monoisotopic (exact) mass is 251 g/mol. The summed E-state index contributed by atoms with van der Waals surface area (Å²) in [5.74, 6) is 5.92. The molecule has 18 heavy (non-hydrogen) atoms. The molecule has 0 aliphatic heterocycles. The smallest absolute Gasteiger partial charge is 0.323 e. The molecule has 98 valence electrons. The predicted molar refractivity (Wildman–Crippen MR) is 66.9 cm³/mol. The molecule has 3 N–H and O–H groups in total. The van der Waals surface area contributed by atoms with Crippen molar-refractivity contribution in [3.05, 3.63) is 0 Å². The Labute approximate surface area is 106 Å². The number of rotatable bonds is 6. The maximum Gasteiger partial charge on any atom is 0.323 e. The number of nitrogens with two attached hydrogens (primary N) is 1. The minimum absolute atomic E-state index is 0.0162. The Bertz CT molecular complexity index is 431. The Kier molecular flexibility index (Phi) is 5.07. The summed E-state index contributed by atoms with van der Waals surface area (Å²) in [4.78, 5) is 14.0. The first kappa shape index (κ1) is 13.9. The normalized spacial score (nSPS) is 11.5. The zero-order valence-corrected chi connectivity index (χ0v) is 10.7. The summed E-state index contributed by atoms with van der Waals surface area (Å²) in [6.07, 6.45) is 0.373. The number of anilines is 2. The predicted octanol–water partition coefficient (Wildman–Crippen LogP) is 0.294. The first-order valence-electron chi connectivity index (χ1n) is 5.57. The van der Waals surface area contributed by atoms with Gasteiger partial charge in [-0.1, -0.05) is 0 Å². The highest BCUT2D eigenvalue weighted by Crippen LogP contribution is 2.16. The second-order valence-corrected chi connectivity index (χ2v) is 3.64. The van der Waals surface area contributed by atoms with Crippen LogP contribution in [-0.4, -0.2) is 34.6 Å². The van der Waals surface area contributed by atoms with Crippen LogP contribution in [0, 0.1) is 11.3 Å². The summed E-state index contributed by atoms with van der Waals surface area (Å²) >= 11 is 0. The van der Waals surface area contributed by atoms with Crippen molar-refractivity contribution in [2.75, 3.05) is 24.0 Å². The molecule has 0 spiro atoms. The van der Waals surface area contributed by atoms with Gasteiger partial charge in [-0.3, -0.25) is 5.43 Å². The van der Waals surface area contributed by atoms with E-state index in [1.54, 1.807) is 11.9 Å². The van der Waals surface area contributed by atoms with Crippen molar-refractivity contribution >= 4 is 11.9 Å². The van der Waals surface area contributed by atoms with Gasteiger partial charge in [0.1, 0.15) is 0 Å². The second kappa shape index (κ2) is 6.56. The third kappa shape index (κ3) is 3.43. The minimum Gasteiger partial charge on any atom is -0.464 e. The Morgan fingerprint density at radius 2 is 2.22 bits per heavy atom. The van der Waals surface area contributed by atoms with Crippen LogP contribution in [-0.2, 0) is 0 Å². The van der Waals surface area contributed by atoms with Gasteiger partial charge in [0.15, 0.2) is 0 Å². The fourth-order valence-corrected chi connectivity index (χ4v) is 1.23. The van der Waals surface area contributed by atoms with Gasteiger partial charge in [0, 0.05) is 13.1 Å². The fourth-order valence-electron chi connectivity index (χ4n) is 1.23. The highest BCUT2D eigenvalue weighted by Gasteiger charge is 2.15. The molecular formula is C10H17N7O. The topological polar surface area (TPSA) is 113 Å². The van der Waals surface area contributed by atoms with Crippen LogP contribution in [0.15, 0.2) is 0 Å². The number of nitrogen functional groups attached to an aromatic ring is 1. The molecular weight excluding hydrogens is 234 g/mol. The summed E-state index contributed by atoms with van der Waals surface area (Å²) in [6, 6.07) is 2.29. The largest absolute Gasteiger partial charge is 0.464 e. The molecule has 1 unspecified atom stereocenters. The van der Waals surface area contributed by atoms with E-state index in [1.807, 2.05) is 13.8 Å². The third-order valence-electron chi connectivity index (χ3n) is 2.37. The lowest BCUT2D eigenvalue weighted by Crippen LogP contribution is -2.30. The Morgan fingerprint density at radius 1 is 1.50 bits per heavy atom. The summed E-state index contributed by atoms with van der Waals surface area (Å²) in [5.41, 5.74) is 2.36. The Morgan fingerprint density at radius 3 is 2.78 bits per heavy atom. The second-order valence-electron chi connectivity index (χ2n) is 3.64. The lowest BCUT2D eigenvalue weighted by atomic mass is 10.2. The lowest BCUT2D eigenvalue weighted by molar-refractivity contribution is 0.312. The van der Waals surface area contributed by atoms with Crippen molar-refractivity contribution in [2.24, 2.45) is 5.84 Å². The van der Waals surface area contributed by atoms with Crippen LogP contribution < -0.4 is 20.9 Å². The zero-order chi connectivity index (χ0) is 13.5. The maximum atomic E-state index is 8.69. The minimum atomic E-state index is -0.0162. The SMILES string of the molecule is CCOc1nc(NN)nc(N(C)C(C)CC#N)n1. The van der Waals surface area contributed by atoms with Crippen LogP contribution in [0.3, 0.4) is 0 Å². The molecule has 1 aromatic heterocycles. The number of hydrogen-bond acceptors (Lipinski definition) is 8. The van der Waals surface area contributed by atoms with Crippen LogP contribution in [0.25, 0.3) is 0 Å². The maximum absolute atomic E-state index is 8.69. The molecule has 0 bridgehead atoms. The summed E-state index contributed by atoms with van der Waals surface area (Å²) in [7, 11) is 1.80. The van der Waals surface area contributed by atoms with E-state index in [0.29, 0.717) is 19.0 Å². The Balaban J connectivity index is 2.99. The standard InChI is InChI=1S/C10H17N7O/c1-4-18-10-14-8(16-12)13-9(15-10)17(3)7(2)5-6-11/h7H,4-5,12H2,1-3H3,(H,13,14,15,16). The van der Waals surface area contributed by atoms with Gasteiger partial charge in [-0.25, -0.2) is 5.84 Å². The fraction of sp³-hybridized carbons (Fsp3) is 0.600. The molecule has 1 aromatic rings. The van der Waals surface area contributed by atoms with Crippen molar-refractivity contribution in [1.29, 1.82) is 5.26 Å². The highest BCUT2D eigenvalue weighted by atomic mass is 16.5. The number of hydrazine groups is 1. The average molecular weight is 251 g/mol.